The number of carbonyl (C=O) groups is 1. The molecule has 0 amide bonds. The van der Waals surface area contributed by atoms with Gasteiger partial charge < -0.3 is 0 Å². The van der Waals surface area contributed by atoms with E-state index in [1.54, 1.807) is 11.3 Å². The summed E-state index contributed by atoms with van der Waals surface area (Å²) < 4.78 is 0. The second-order valence-electron chi connectivity index (χ2n) is 3.92. The third-order valence-corrected chi connectivity index (χ3v) is 3.55. The van der Waals surface area contributed by atoms with E-state index in [0.29, 0.717) is 5.78 Å². The van der Waals surface area contributed by atoms with Crippen molar-refractivity contribution >= 4 is 17.1 Å². The van der Waals surface area contributed by atoms with Crippen molar-refractivity contribution in [3.05, 3.63) is 22.4 Å². The molecule has 14 heavy (non-hydrogen) atoms. The third-order valence-electron chi connectivity index (χ3n) is 2.82. The summed E-state index contributed by atoms with van der Waals surface area (Å²) in [5.41, 5.74) is 1.32. The largest absolute Gasteiger partial charge is 0.298 e. The fourth-order valence-corrected chi connectivity index (χ4v) is 2.70. The molecule has 3 heteroatoms. The van der Waals surface area contributed by atoms with Gasteiger partial charge in [-0.3, -0.25) is 9.69 Å². The lowest BCUT2D eigenvalue weighted by molar-refractivity contribution is -0.121. The number of Topliss-reactive ketones (excluding diaryl/α,β-unsaturated/α-hetero) is 1. The number of ketones is 1. The minimum absolute atomic E-state index is 0.176. The van der Waals surface area contributed by atoms with Gasteiger partial charge in [0.1, 0.15) is 5.78 Å². The fraction of sp³-hybridized carbons (Fsp3) is 0.545. The monoisotopic (exact) mass is 209 g/mol. The molecule has 76 valence electrons. The van der Waals surface area contributed by atoms with E-state index in [-0.39, 0.29) is 6.04 Å². The van der Waals surface area contributed by atoms with Crippen molar-refractivity contribution in [3.63, 3.8) is 0 Å². The van der Waals surface area contributed by atoms with Crippen LogP contribution in [0, 0.1) is 0 Å². The first-order chi connectivity index (χ1) is 6.77. The topological polar surface area (TPSA) is 20.3 Å². The molecular formula is C11H15NOS. The summed E-state index contributed by atoms with van der Waals surface area (Å²) in [5.74, 6) is 0.419. The summed E-state index contributed by atoms with van der Waals surface area (Å²) in [6.45, 7) is 0.903. The Morgan fingerprint density at radius 1 is 1.64 bits per heavy atom. The maximum atomic E-state index is 11.5. The molecule has 2 nitrogen and oxygen atoms in total. The van der Waals surface area contributed by atoms with E-state index in [0.717, 1.165) is 25.8 Å². The third kappa shape index (κ3) is 2.04. The molecule has 0 radical (unpaired) electrons. The normalized spacial score (nSPS) is 22.1. The quantitative estimate of drug-likeness (QED) is 0.761. The summed E-state index contributed by atoms with van der Waals surface area (Å²) in [6, 6.07) is 2.30. The van der Waals surface area contributed by atoms with Crippen LogP contribution in [-0.4, -0.2) is 23.8 Å². The molecule has 1 unspecified atom stereocenters. The highest BCUT2D eigenvalue weighted by molar-refractivity contribution is 7.07. The Morgan fingerprint density at radius 2 is 2.50 bits per heavy atom. The van der Waals surface area contributed by atoms with Crippen LogP contribution >= 0.6 is 11.3 Å². The van der Waals surface area contributed by atoms with Gasteiger partial charge in [-0.25, -0.2) is 0 Å². The van der Waals surface area contributed by atoms with Gasteiger partial charge in [-0.05, 0) is 42.3 Å². The van der Waals surface area contributed by atoms with Crippen LogP contribution in [0.4, 0.5) is 0 Å². The van der Waals surface area contributed by atoms with E-state index in [9.17, 15) is 4.79 Å². The molecule has 0 spiro atoms. The zero-order chi connectivity index (χ0) is 9.97. The molecule has 1 heterocycles. The molecule has 2 rings (SSSR count). The zero-order valence-electron chi connectivity index (χ0n) is 8.40. The molecule has 0 bridgehead atoms. The van der Waals surface area contributed by atoms with E-state index in [4.69, 9.17) is 0 Å². The Balaban J connectivity index is 1.95. The first-order valence-electron chi connectivity index (χ1n) is 5.01. The second-order valence-corrected chi connectivity index (χ2v) is 4.70. The van der Waals surface area contributed by atoms with Crippen LogP contribution in [0.3, 0.4) is 0 Å². The van der Waals surface area contributed by atoms with Gasteiger partial charge in [0.15, 0.2) is 0 Å². The SMILES string of the molecule is CN(Cc1ccsc1)C1CCCC1=O. The van der Waals surface area contributed by atoms with Crippen molar-refractivity contribution in [2.75, 3.05) is 7.05 Å². The fourth-order valence-electron chi connectivity index (χ4n) is 2.04. The lowest BCUT2D eigenvalue weighted by atomic mass is 10.2. The number of rotatable bonds is 3. The van der Waals surface area contributed by atoms with Crippen molar-refractivity contribution in [1.82, 2.24) is 4.90 Å². The lowest BCUT2D eigenvalue weighted by Gasteiger charge is -2.22. The van der Waals surface area contributed by atoms with Crippen LogP contribution in [-0.2, 0) is 11.3 Å². The number of nitrogens with zero attached hydrogens (tertiary/aromatic N) is 1. The summed E-state index contributed by atoms with van der Waals surface area (Å²) >= 11 is 1.71. The lowest BCUT2D eigenvalue weighted by Crippen LogP contribution is -2.34. The molecule has 0 aliphatic heterocycles. The van der Waals surface area contributed by atoms with Gasteiger partial charge in [0.2, 0.25) is 0 Å². The Hall–Kier alpha value is -0.670. The summed E-state index contributed by atoms with van der Waals surface area (Å²) in [7, 11) is 2.05. The minimum atomic E-state index is 0.176. The number of carbonyl (C=O) groups excluding carboxylic acids is 1. The number of hydrogen-bond donors (Lipinski definition) is 0. The Bertz CT molecular complexity index is 307. The van der Waals surface area contributed by atoms with Crippen molar-refractivity contribution in [1.29, 1.82) is 0 Å². The molecule has 0 saturated heterocycles. The average Bonchev–Trinajstić information content (AvgIpc) is 2.75. The molecule has 0 N–H and O–H groups in total. The smallest absolute Gasteiger partial charge is 0.149 e. The zero-order valence-corrected chi connectivity index (χ0v) is 9.22. The molecule has 1 aromatic rings. The van der Waals surface area contributed by atoms with Gasteiger partial charge in [-0.15, -0.1) is 0 Å². The molecular weight excluding hydrogens is 194 g/mol. The number of hydrogen-bond acceptors (Lipinski definition) is 3. The predicted molar refractivity (Wildman–Crippen MR) is 58.4 cm³/mol. The maximum absolute atomic E-state index is 11.5. The second kappa shape index (κ2) is 4.24. The Kier molecular flexibility index (Phi) is 2.99. The van der Waals surface area contributed by atoms with Gasteiger partial charge >= 0.3 is 0 Å². The summed E-state index contributed by atoms with van der Waals surface area (Å²) in [5, 5.41) is 4.23. The van der Waals surface area contributed by atoms with Crippen molar-refractivity contribution in [3.8, 4) is 0 Å². The first-order valence-corrected chi connectivity index (χ1v) is 5.95. The van der Waals surface area contributed by atoms with E-state index in [1.807, 2.05) is 7.05 Å². The van der Waals surface area contributed by atoms with Gasteiger partial charge in [0.25, 0.3) is 0 Å². The van der Waals surface area contributed by atoms with Gasteiger partial charge in [0, 0.05) is 13.0 Å². The van der Waals surface area contributed by atoms with Crippen LogP contribution in [0.25, 0.3) is 0 Å². The van der Waals surface area contributed by atoms with Gasteiger partial charge in [-0.1, -0.05) is 0 Å². The van der Waals surface area contributed by atoms with E-state index >= 15 is 0 Å². The van der Waals surface area contributed by atoms with E-state index in [2.05, 4.69) is 21.7 Å². The van der Waals surface area contributed by atoms with E-state index < -0.39 is 0 Å². The molecule has 1 aromatic heterocycles. The van der Waals surface area contributed by atoms with Gasteiger partial charge in [-0.2, -0.15) is 11.3 Å². The minimum Gasteiger partial charge on any atom is -0.298 e. The van der Waals surface area contributed by atoms with E-state index in [1.165, 1.54) is 5.56 Å². The van der Waals surface area contributed by atoms with Crippen molar-refractivity contribution < 1.29 is 4.79 Å². The predicted octanol–water partition coefficient (Wildman–Crippen LogP) is 2.30. The molecule has 1 saturated carbocycles. The standard InChI is InChI=1S/C11H15NOS/c1-12(7-9-5-6-14-8-9)10-3-2-4-11(10)13/h5-6,8,10H,2-4,7H2,1H3. The van der Waals surface area contributed by atoms with Crippen LogP contribution in [0.5, 0.6) is 0 Å². The Morgan fingerprint density at radius 3 is 3.07 bits per heavy atom. The molecule has 1 aliphatic carbocycles. The van der Waals surface area contributed by atoms with Crippen LogP contribution < -0.4 is 0 Å². The summed E-state index contributed by atoms with van der Waals surface area (Å²) in [6.07, 6.45) is 2.88. The van der Waals surface area contributed by atoms with Crippen LogP contribution in [0.2, 0.25) is 0 Å². The average molecular weight is 209 g/mol. The highest BCUT2D eigenvalue weighted by Gasteiger charge is 2.27. The molecule has 1 atom stereocenters. The van der Waals surface area contributed by atoms with Crippen molar-refractivity contribution in [2.45, 2.75) is 31.8 Å². The van der Waals surface area contributed by atoms with Crippen LogP contribution in [0.15, 0.2) is 16.8 Å². The Labute approximate surface area is 88.5 Å². The number of likely N-dealkylation sites (N-methyl/N-ethyl adjacent to an activating group) is 1. The maximum Gasteiger partial charge on any atom is 0.149 e. The first kappa shape index (κ1) is 9.87. The highest BCUT2D eigenvalue weighted by Crippen LogP contribution is 2.21. The molecule has 1 fully saturated rings. The summed E-state index contributed by atoms with van der Waals surface area (Å²) in [4.78, 5) is 13.7. The molecule has 1 aliphatic rings. The van der Waals surface area contributed by atoms with Crippen LogP contribution in [0.1, 0.15) is 24.8 Å². The molecule has 0 aromatic carbocycles. The highest BCUT2D eigenvalue weighted by atomic mass is 32.1. The van der Waals surface area contributed by atoms with Gasteiger partial charge in [0.05, 0.1) is 6.04 Å². The number of thiophene rings is 1. The van der Waals surface area contributed by atoms with Crippen molar-refractivity contribution in [2.24, 2.45) is 0 Å².